The quantitative estimate of drug-likeness (QED) is 0.433. The van der Waals surface area contributed by atoms with E-state index < -0.39 is 15.9 Å². The Labute approximate surface area is 76.2 Å². The number of rotatable bonds is 4. The number of tetrazole rings is 1. The van der Waals surface area contributed by atoms with Crippen molar-refractivity contribution in [1.82, 2.24) is 25.2 Å². The third kappa shape index (κ3) is 2.09. The van der Waals surface area contributed by atoms with E-state index in [4.69, 9.17) is 0 Å². The molecule has 0 aromatic carbocycles. The zero-order valence-corrected chi connectivity index (χ0v) is 6.97. The molecule has 0 aliphatic heterocycles. The van der Waals surface area contributed by atoms with Crippen LogP contribution in [-0.4, -0.2) is 42.2 Å². The predicted octanol–water partition coefficient (Wildman–Crippen LogP) is -1.34. The van der Waals surface area contributed by atoms with E-state index in [0.717, 1.165) is 4.80 Å². The summed E-state index contributed by atoms with van der Waals surface area (Å²) in [5.41, 5.74) is 0. The Kier molecular flexibility index (Phi) is 2.50. The van der Waals surface area contributed by atoms with E-state index in [0.29, 0.717) is 5.01 Å². The lowest BCUT2D eigenvalue weighted by Gasteiger charge is -2.03. The maximum absolute atomic E-state index is 10.2. The molecule has 76 valence electrons. The minimum Gasteiger partial charge on any atom is -0.390 e. The fourth-order valence-corrected chi connectivity index (χ4v) is 0.603. The van der Waals surface area contributed by atoms with Crippen LogP contribution in [0, 0.1) is 20.2 Å². The first-order chi connectivity index (χ1) is 6.50. The van der Waals surface area contributed by atoms with Gasteiger partial charge in [0.1, 0.15) is 0 Å². The molecule has 0 bridgehead atoms. The molecule has 0 N–H and O–H groups in total. The summed E-state index contributed by atoms with van der Waals surface area (Å²) in [7, 11) is 1.18. The van der Waals surface area contributed by atoms with Gasteiger partial charge in [-0.05, 0) is 4.92 Å². The van der Waals surface area contributed by atoms with E-state index in [2.05, 4.69) is 15.4 Å². The number of hydrazine groups is 1. The van der Waals surface area contributed by atoms with Crippen molar-refractivity contribution in [2.75, 3.05) is 7.05 Å². The first kappa shape index (κ1) is 9.76. The van der Waals surface area contributed by atoms with E-state index >= 15 is 0 Å². The van der Waals surface area contributed by atoms with Crippen molar-refractivity contribution >= 4 is 5.95 Å². The van der Waals surface area contributed by atoms with Crippen molar-refractivity contribution < 1.29 is 9.96 Å². The van der Waals surface area contributed by atoms with Gasteiger partial charge in [0, 0.05) is 5.21 Å². The van der Waals surface area contributed by atoms with Crippen molar-refractivity contribution in [3.8, 4) is 0 Å². The average molecular weight is 203 g/mol. The highest BCUT2D eigenvalue weighted by atomic mass is 16.7. The summed E-state index contributed by atoms with van der Waals surface area (Å²) < 4.78 is 0. The van der Waals surface area contributed by atoms with Crippen LogP contribution in [0.2, 0.25) is 0 Å². The van der Waals surface area contributed by atoms with E-state index in [1.165, 1.54) is 7.05 Å². The Morgan fingerprint density at radius 3 is 2.57 bits per heavy atom. The van der Waals surface area contributed by atoms with Crippen LogP contribution >= 0.6 is 0 Å². The van der Waals surface area contributed by atoms with Gasteiger partial charge in [-0.2, -0.15) is 0 Å². The molecule has 1 rings (SSSR count). The Hall–Kier alpha value is -2.33. The second-order valence-corrected chi connectivity index (χ2v) is 2.26. The van der Waals surface area contributed by atoms with Gasteiger partial charge < -0.3 is 10.1 Å². The molecule has 11 nitrogen and oxygen atoms in total. The number of aromatic nitrogens is 4. The van der Waals surface area contributed by atoms with Crippen molar-refractivity contribution in [3.05, 3.63) is 20.2 Å². The smallest absolute Gasteiger partial charge is 0.390 e. The topological polar surface area (TPSA) is 133 Å². The molecule has 0 saturated carbocycles. The van der Waals surface area contributed by atoms with E-state index in [-0.39, 0.29) is 6.67 Å². The minimum absolute atomic E-state index is 0.312. The lowest BCUT2D eigenvalue weighted by Crippen LogP contribution is -2.28. The molecule has 0 aliphatic carbocycles. The zero-order chi connectivity index (χ0) is 10.7. The van der Waals surface area contributed by atoms with Gasteiger partial charge in [-0.25, -0.2) is 10.1 Å². The normalized spacial score (nSPS) is 9.79. The lowest BCUT2D eigenvalue weighted by molar-refractivity contribution is -0.656. The fraction of sp³-hybridized carbons (Fsp3) is 0.667. The highest BCUT2D eigenvalue weighted by Crippen LogP contribution is 1.97. The van der Waals surface area contributed by atoms with E-state index in [1.54, 1.807) is 0 Å². The van der Waals surface area contributed by atoms with Gasteiger partial charge in [0.2, 0.25) is 6.67 Å². The lowest BCUT2D eigenvalue weighted by atomic mass is 11.0. The summed E-state index contributed by atoms with van der Waals surface area (Å²) in [4.78, 5) is 20.2. The molecule has 0 atom stereocenters. The molecule has 1 aromatic heterocycles. The van der Waals surface area contributed by atoms with E-state index in [9.17, 15) is 20.2 Å². The van der Waals surface area contributed by atoms with Gasteiger partial charge in [-0.15, -0.1) is 5.01 Å². The second-order valence-electron chi connectivity index (χ2n) is 2.26. The second kappa shape index (κ2) is 3.59. The van der Waals surface area contributed by atoms with Gasteiger partial charge in [0.05, 0.1) is 17.2 Å². The van der Waals surface area contributed by atoms with Crippen LogP contribution in [0.5, 0.6) is 0 Å². The zero-order valence-electron chi connectivity index (χ0n) is 6.97. The molecule has 0 saturated heterocycles. The monoisotopic (exact) mass is 203 g/mol. The van der Waals surface area contributed by atoms with Gasteiger partial charge >= 0.3 is 5.95 Å². The molecule has 14 heavy (non-hydrogen) atoms. The Morgan fingerprint density at radius 1 is 1.50 bits per heavy atom. The van der Waals surface area contributed by atoms with Crippen LogP contribution in [0.15, 0.2) is 0 Å². The Morgan fingerprint density at radius 2 is 2.14 bits per heavy atom. The van der Waals surface area contributed by atoms with E-state index in [1.807, 2.05) is 0 Å². The SMILES string of the molecule is CN(Cn1nnc([N+](=O)[O-])n1)[N+](=O)[O-]. The molecule has 0 radical (unpaired) electrons. The summed E-state index contributed by atoms with van der Waals surface area (Å²) in [6.07, 6.45) is 0. The van der Waals surface area contributed by atoms with Crippen LogP contribution in [-0.2, 0) is 6.67 Å². The van der Waals surface area contributed by atoms with Crippen LogP contribution in [0.25, 0.3) is 0 Å². The van der Waals surface area contributed by atoms with Gasteiger partial charge in [0.15, 0.2) is 5.03 Å². The molecule has 1 aromatic rings. The third-order valence-electron chi connectivity index (χ3n) is 1.22. The molecule has 0 aliphatic rings. The molecule has 0 amide bonds. The summed E-state index contributed by atoms with van der Waals surface area (Å²) in [6.45, 7) is -0.312. The molecule has 0 spiro atoms. The standard InChI is InChI=1S/C3H5N7O4/c1-7(10(13)14)2-8-5-3(4-6-8)9(11)12/h2H2,1H3. The minimum atomic E-state index is -0.838. The van der Waals surface area contributed by atoms with Crippen LogP contribution in [0.1, 0.15) is 0 Å². The number of hydrogen-bond donors (Lipinski definition) is 0. The highest BCUT2D eigenvalue weighted by molar-refractivity contribution is 4.92. The Balaban J connectivity index is 2.69. The average Bonchev–Trinajstić information content (AvgIpc) is 2.52. The number of nitro groups is 2. The molecule has 11 heteroatoms. The number of nitrogens with zero attached hydrogens (tertiary/aromatic N) is 7. The van der Waals surface area contributed by atoms with Crippen molar-refractivity contribution in [1.29, 1.82) is 0 Å². The fourth-order valence-electron chi connectivity index (χ4n) is 0.603. The summed E-state index contributed by atoms with van der Waals surface area (Å²) in [5, 5.41) is 29.8. The maximum Gasteiger partial charge on any atom is 0.514 e. The Bertz CT molecular complexity index is 360. The summed E-state index contributed by atoms with van der Waals surface area (Å²) in [6, 6.07) is 0. The van der Waals surface area contributed by atoms with Gasteiger partial charge in [0.25, 0.3) is 0 Å². The molecule has 0 unspecified atom stereocenters. The van der Waals surface area contributed by atoms with Crippen LogP contribution < -0.4 is 0 Å². The third-order valence-corrected chi connectivity index (χ3v) is 1.22. The van der Waals surface area contributed by atoms with Crippen molar-refractivity contribution in [2.45, 2.75) is 6.67 Å². The largest absolute Gasteiger partial charge is 0.514 e. The molecular formula is C3H5N7O4. The number of hydrogen-bond acceptors (Lipinski definition) is 7. The maximum atomic E-state index is 10.2. The van der Waals surface area contributed by atoms with Crippen molar-refractivity contribution in [3.63, 3.8) is 0 Å². The van der Waals surface area contributed by atoms with Crippen molar-refractivity contribution in [2.24, 2.45) is 0 Å². The molecule has 1 heterocycles. The molecule has 0 fully saturated rings. The first-order valence-corrected chi connectivity index (χ1v) is 3.28. The molecular weight excluding hydrogens is 198 g/mol. The highest BCUT2D eigenvalue weighted by Gasteiger charge is 2.18. The summed E-state index contributed by atoms with van der Waals surface area (Å²) >= 11 is 0. The van der Waals surface area contributed by atoms with Crippen LogP contribution in [0.3, 0.4) is 0 Å². The van der Waals surface area contributed by atoms with Crippen LogP contribution in [0.4, 0.5) is 5.95 Å². The first-order valence-electron chi connectivity index (χ1n) is 3.28. The predicted molar refractivity (Wildman–Crippen MR) is 39.2 cm³/mol. The van der Waals surface area contributed by atoms with Gasteiger partial charge in [-0.3, -0.25) is 0 Å². The summed E-state index contributed by atoms with van der Waals surface area (Å²) in [5.74, 6) is -0.693. The van der Waals surface area contributed by atoms with Gasteiger partial charge in [-0.1, -0.05) is 4.80 Å².